The summed E-state index contributed by atoms with van der Waals surface area (Å²) in [5, 5.41) is 13.8. The van der Waals surface area contributed by atoms with Crippen LogP contribution < -0.4 is 16.6 Å². The molecule has 4 heterocycles. The van der Waals surface area contributed by atoms with Crippen molar-refractivity contribution in [2.45, 2.75) is 63.3 Å². The fourth-order valence-corrected chi connectivity index (χ4v) is 6.15. The molecule has 1 saturated carbocycles. The van der Waals surface area contributed by atoms with Crippen LogP contribution in [0.15, 0.2) is 53.7 Å². The normalized spacial score (nSPS) is 19.3. The summed E-state index contributed by atoms with van der Waals surface area (Å²) in [6, 6.07) is 7.50. The lowest BCUT2D eigenvalue weighted by molar-refractivity contribution is -0.137. The zero-order valence-corrected chi connectivity index (χ0v) is 22.8. The van der Waals surface area contributed by atoms with Crippen LogP contribution in [0.2, 0.25) is 0 Å². The quantitative estimate of drug-likeness (QED) is 0.308. The molecule has 42 heavy (non-hydrogen) atoms. The van der Waals surface area contributed by atoms with Gasteiger partial charge in [0.25, 0.3) is 11.5 Å². The predicted octanol–water partition coefficient (Wildman–Crippen LogP) is 2.77. The molecule has 12 nitrogen and oxygen atoms in total. The molecule has 0 radical (unpaired) electrons. The highest BCUT2D eigenvalue weighted by Crippen LogP contribution is 2.31. The number of hydrogen-bond donors (Lipinski definition) is 3. The Balaban J connectivity index is 1.23. The van der Waals surface area contributed by atoms with Gasteiger partial charge in [-0.25, -0.2) is 4.39 Å². The largest absolute Gasteiger partial charge is 0.366 e. The molecule has 3 aromatic heterocycles. The molecular weight excluding hydrogens is 543 g/mol. The Hall–Kier alpha value is -4.81. The fourth-order valence-electron chi connectivity index (χ4n) is 6.15. The number of amides is 3. The Morgan fingerprint density at radius 2 is 1.88 bits per heavy atom. The average molecular weight is 575 g/mol. The number of halogens is 1. The third-order valence-corrected chi connectivity index (χ3v) is 8.19. The van der Waals surface area contributed by atoms with E-state index in [-0.39, 0.29) is 36.7 Å². The lowest BCUT2D eigenvalue weighted by atomic mass is 9.96. The van der Waals surface area contributed by atoms with E-state index in [1.54, 1.807) is 39.8 Å². The summed E-state index contributed by atoms with van der Waals surface area (Å²) in [6.07, 6.45) is 8.07. The second kappa shape index (κ2) is 11.2. The molecule has 2 aliphatic rings. The molecule has 13 heteroatoms. The van der Waals surface area contributed by atoms with Gasteiger partial charge in [-0.15, -0.1) is 0 Å². The van der Waals surface area contributed by atoms with Crippen molar-refractivity contribution in [2.75, 3.05) is 11.9 Å². The van der Waals surface area contributed by atoms with Crippen molar-refractivity contribution >= 4 is 34.4 Å². The van der Waals surface area contributed by atoms with Crippen LogP contribution in [0, 0.1) is 0 Å². The number of aromatic amines is 1. The smallest absolute Gasteiger partial charge is 0.266 e. The predicted molar refractivity (Wildman–Crippen MR) is 152 cm³/mol. The molecule has 4 aromatic rings. The van der Waals surface area contributed by atoms with E-state index in [1.165, 1.54) is 17.2 Å². The second-order valence-electron chi connectivity index (χ2n) is 10.9. The highest BCUT2D eigenvalue weighted by Gasteiger charge is 2.40. The van der Waals surface area contributed by atoms with Crippen LogP contribution >= 0.6 is 0 Å². The van der Waals surface area contributed by atoms with Gasteiger partial charge in [-0.05, 0) is 36.6 Å². The van der Waals surface area contributed by atoms with Crippen LogP contribution in [-0.2, 0) is 16.1 Å². The van der Waals surface area contributed by atoms with Gasteiger partial charge >= 0.3 is 0 Å². The number of nitrogens with two attached hydrogens (primary N) is 1. The summed E-state index contributed by atoms with van der Waals surface area (Å²) in [5.41, 5.74) is 7.72. The molecule has 1 saturated heterocycles. The molecule has 2 atom stereocenters. The number of carbonyl (C=O) groups excluding carboxylic acids is 3. The zero-order valence-electron chi connectivity index (χ0n) is 22.8. The molecule has 3 amide bonds. The van der Waals surface area contributed by atoms with E-state index in [0.717, 1.165) is 43.2 Å². The molecule has 2 fully saturated rings. The Labute approximate surface area is 239 Å². The summed E-state index contributed by atoms with van der Waals surface area (Å²) in [4.78, 5) is 52.5. The number of fused-ring (bicyclic) bond motifs is 1. The van der Waals surface area contributed by atoms with Gasteiger partial charge in [0, 0.05) is 35.2 Å². The van der Waals surface area contributed by atoms with Gasteiger partial charge in [0.05, 0.1) is 30.5 Å². The van der Waals surface area contributed by atoms with Crippen LogP contribution in [0.1, 0.15) is 54.9 Å². The topological polar surface area (TPSA) is 161 Å². The number of likely N-dealkylation sites (tertiary alicyclic amines) is 1. The first kappa shape index (κ1) is 27.4. The van der Waals surface area contributed by atoms with Crippen molar-refractivity contribution in [1.82, 2.24) is 29.4 Å². The highest BCUT2D eigenvalue weighted by atomic mass is 19.1. The van der Waals surface area contributed by atoms with Crippen molar-refractivity contribution in [3.8, 4) is 11.1 Å². The minimum absolute atomic E-state index is 0.0591. The Bertz CT molecular complexity index is 1710. The van der Waals surface area contributed by atoms with Crippen LogP contribution in [0.4, 0.5) is 10.2 Å². The van der Waals surface area contributed by atoms with E-state index in [4.69, 9.17) is 5.73 Å². The second-order valence-corrected chi connectivity index (χ2v) is 10.9. The number of alkyl halides is 1. The first-order valence-corrected chi connectivity index (χ1v) is 14.0. The first-order chi connectivity index (χ1) is 20.3. The Morgan fingerprint density at radius 3 is 2.62 bits per heavy atom. The van der Waals surface area contributed by atoms with Crippen molar-refractivity contribution in [3.05, 3.63) is 64.8 Å². The zero-order chi connectivity index (χ0) is 29.4. The standard InChI is InChI=1S/C29H31FN8O4/c30-19-11-24(29(42)34-25-12-26(39)35-38(25)20-4-2-1-3-5-20)37(14-19)27(40)16-36-15-22(28(31)41)21-10-17(6-7-23(21)36)18-8-9-32-33-13-18/h6-10,12-13,15,19-20,24H,1-5,11,14,16H2,(H2,31,41)(H,34,42)(H,35,39)/t19-,24+/m1/s1. The number of nitrogens with one attached hydrogen (secondary N) is 2. The first-order valence-electron chi connectivity index (χ1n) is 14.0. The number of H-pyrrole nitrogens is 1. The lowest BCUT2D eigenvalue weighted by Crippen LogP contribution is -2.44. The van der Waals surface area contributed by atoms with Crippen molar-refractivity contribution in [2.24, 2.45) is 5.73 Å². The van der Waals surface area contributed by atoms with Gasteiger partial charge < -0.3 is 20.5 Å². The Morgan fingerprint density at radius 1 is 1.07 bits per heavy atom. The van der Waals surface area contributed by atoms with Gasteiger partial charge in [0.2, 0.25) is 11.8 Å². The number of benzene rings is 1. The summed E-state index contributed by atoms with van der Waals surface area (Å²) >= 11 is 0. The van der Waals surface area contributed by atoms with E-state index in [9.17, 15) is 23.6 Å². The number of carbonyl (C=O) groups is 3. The number of rotatable bonds is 7. The van der Waals surface area contributed by atoms with E-state index >= 15 is 0 Å². The molecule has 0 bridgehead atoms. The number of nitrogens with zero attached hydrogens (tertiary/aromatic N) is 5. The molecule has 4 N–H and O–H groups in total. The number of anilines is 1. The Kier molecular flexibility index (Phi) is 7.31. The molecule has 0 unspecified atom stereocenters. The number of primary amides is 1. The summed E-state index contributed by atoms with van der Waals surface area (Å²) in [7, 11) is 0. The summed E-state index contributed by atoms with van der Waals surface area (Å²) < 4.78 is 17.9. The van der Waals surface area contributed by atoms with Crippen molar-refractivity contribution in [3.63, 3.8) is 0 Å². The molecular formula is C29H31FN8O4. The highest BCUT2D eigenvalue weighted by molar-refractivity contribution is 6.07. The SMILES string of the molecule is NC(=O)c1cn(CC(=O)N2C[C@H](F)C[C@H]2C(=O)Nc2cc(=O)[nH]n2C2CCCCC2)c2ccc(-c3ccnnc3)cc12. The number of hydrogen-bond acceptors (Lipinski definition) is 6. The van der Waals surface area contributed by atoms with E-state index in [2.05, 4.69) is 20.6 Å². The van der Waals surface area contributed by atoms with Gasteiger partial charge in [-0.2, -0.15) is 10.2 Å². The molecule has 218 valence electrons. The molecule has 1 aromatic carbocycles. The minimum atomic E-state index is -1.38. The minimum Gasteiger partial charge on any atom is -0.366 e. The number of aromatic nitrogens is 5. The average Bonchev–Trinajstić information content (AvgIpc) is 3.68. The van der Waals surface area contributed by atoms with E-state index in [1.807, 2.05) is 6.07 Å². The van der Waals surface area contributed by atoms with E-state index in [0.29, 0.717) is 16.7 Å². The van der Waals surface area contributed by atoms with Crippen LogP contribution in [-0.4, -0.2) is 65.9 Å². The van der Waals surface area contributed by atoms with Crippen molar-refractivity contribution in [1.29, 1.82) is 0 Å². The third kappa shape index (κ3) is 5.29. The van der Waals surface area contributed by atoms with Crippen molar-refractivity contribution < 1.29 is 18.8 Å². The molecule has 0 spiro atoms. The van der Waals surface area contributed by atoms with Crippen LogP contribution in [0.3, 0.4) is 0 Å². The summed E-state index contributed by atoms with van der Waals surface area (Å²) in [5.74, 6) is -1.38. The molecule has 1 aliphatic carbocycles. The monoisotopic (exact) mass is 574 g/mol. The lowest BCUT2D eigenvalue weighted by Gasteiger charge is -2.26. The van der Waals surface area contributed by atoms with Gasteiger partial charge in [-0.1, -0.05) is 25.3 Å². The molecule has 1 aliphatic heterocycles. The van der Waals surface area contributed by atoms with Crippen LogP contribution in [0.25, 0.3) is 22.0 Å². The van der Waals surface area contributed by atoms with Gasteiger partial charge in [0.15, 0.2) is 0 Å². The maximum absolute atomic E-state index is 14.7. The summed E-state index contributed by atoms with van der Waals surface area (Å²) in [6.45, 7) is -0.464. The van der Waals surface area contributed by atoms with Gasteiger partial charge in [-0.3, -0.25) is 29.0 Å². The molecule has 6 rings (SSSR count). The maximum atomic E-state index is 14.7. The fraction of sp³-hybridized carbons (Fsp3) is 0.379. The maximum Gasteiger partial charge on any atom is 0.266 e. The van der Waals surface area contributed by atoms with Gasteiger partial charge in [0.1, 0.15) is 24.6 Å². The van der Waals surface area contributed by atoms with E-state index < -0.39 is 29.9 Å². The van der Waals surface area contributed by atoms with Crippen LogP contribution in [0.5, 0.6) is 0 Å². The third-order valence-electron chi connectivity index (χ3n) is 8.19.